The molecule has 1 aromatic heterocycles. The zero-order valence-electron chi connectivity index (χ0n) is 12.6. The fraction of sp³-hybridized carbons (Fsp3) is 0.111. The van der Waals surface area contributed by atoms with Crippen molar-refractivity contribution in [2.24, 2.45) is 12.0 Å². The average Bonchev–Trinajstić information content (AvgIpc) is 2.94. The van der Waals surface area contributed by atoms with E-state index in [0.29, 0.717) is 16.5 Å². The summed E-state index contributed by atoms with van der Waals surface area (Å²) in [4.78, 5) is 16.6. The molecule has 0 saturated carbocycles. The molecule has 0 spiro atoms. The van der Waals surface area contributed by atoms with Gasteiger partial charge in [-0.3, -0.25) is 4.79 Å². The van der Waals surface area contributed by atoms with Gasteiger partial charge in [0.25, 0.3) is 5.91 Å². The molecule has 1 aliphatic heterocycles. The molecule has 23 heavy (non-hydrogen) atoms. The highest BCUT2D eigenvalue weighted by Crippen LogP contribution is 2.39. The van der Waals surface area contributed by atoms with Gasteiger partial charge in [0.05, 0.1) is 22.0 Å². The van der Waals surface area contributed by atoms with Crippen LogP contribution in [0.25, 0.3) is 16.5 Å². The van der Waals surface area contributed by atoms with Crippen molar-refractivity contribution in [2.75, 3.05) is 0 Å². The molecule has 4 rings (SSSR count). The molecular weight excluding hydrogens is 356 g/mol. The van der Waals surface area contributed by atoms with Crippen LogP contribution in [0.3, 0.4) is 0 Å². The lowest BCUT2D eigenvalue weighted by Gasteiger charge is -2.02. The van der Waals surface area contributed by atoms with E-state index in [0.717, 1.165) is 26.2 Å². The van der Waals surface area contributed by atoms with E-state index >= 15 is 0 Å². The highest BCUT2D eigenvalue weighted by Gasteiger charge is 2.27. The Morgan fingerprint density at radius 2 is 1.96 bits per heavy atom. The van der Waals surface area contributed by atoms with Gasteiger partial charge in [-0.2, -0.15) is 0 Å². The number of aromatic nitrogens is 1. The van der Waals surface area contributed by atoms with Gasteiger partial charge in [-0.25, -0.2) is 4.99 Å². The van der Waals surface area contributed by atoms with Crippen LogP contribution < -0.4 is 10.6 Å². The Balaban J connectivity index is 2.24. The first-order chi connectivity index (χ1) is 11.0. The van der Waals surface area contributed by atoms with Crippen molar-refractivity contribution in [2.45, 2.75) is 6.92 Å². The van der Waals surface area contributed by atoms with Gasteiger partial charge in [-0.1, -0.05) is 18.2 Å². The summed E-state index contributed by atoms with van der Waals surface area (Å²) in [6.07, 6.45) is 0. The van der Waals surface area contributed by atoms with Crippen LogP contribution in [-0.4, -0.2) is 15.6 Å². The van der Waals surface area contributed by atoms with Crippen molar-refractivity contribution in [3.8, 4) is 5.88 Å². The van der Waals surface area contributed by atoms with E-state index in [9.17, 15) is 9.90 Å². The first-order valence-electron chi connectivity index (χ1n) is 7.19. The maximum Gasteiger partial charge on any atom is 0.279 e. The molecule has 1 amide bonds. The molecule has 0 aliphatic carbocycles. The molecular formula is C18H13BrN2O2. The molecule has 2 aromatic carbocycles. The minimum Gasteiger partial charge on any atom is -0.494 e. The number of fused-ring (bicyclic) bond motifs is 2. The number of hydrogen-bond donors (Lipinski definition) is 1. The summed E-state index contributed by atoms with van der Waals surface area (Å²) < 4.78 is 2.57. The third kappa shape index (κ3) is 1.90. The van der Waals surface area contributed by atoms with Crippen molar-refractivity contribution in [1.29, 1.82) is 0 Å². The Labute approximate surface area is 140 Å². The minimum absolute atomic E-state index is 0.0709. The summed E-state index contributed by atoms with van der Waals surface area (Å²) in [7, 11) is 1.78. The van der Waals surface area contributed by atoms with Crippen molar-refractivity contribution in [3.05, 3.63) is 62.6 Å². The van der Waals surface area contributed by atoms with Crippen LogP contribution >= 0.6 is 15.9 Å². The molecule has 4 nitrogen and oxygen atoms in total. The fourth-order valence-corrected chi connectivity index (χ4v) is 4.05. The van der Waals surface area contributed by atoms with Gasteiger partial charge < -0.3 is 9.67 Å². The lowest BCUT2D eigenvalue weighted by molar-refractivity contribution is -0.112. The van der Waals surface area contributed by atoms with Crippen LogP contribution in [0.5, 0.6) is 5.88 Å². The van der Waals surface area contributed by atoms with Gasteiger partial charge in [-0.15, -0.1) is 0 Å². The Kier molecular flexibility index (Phi) is 2.96. The van der Waals surface area contributed by atoms with E-state index < -0.39 is 0 Å². The maximum absolute atomic E-state index is 12.5. The highest BCUT2D eigenvalue weighted by atomic mass is 79.9. The van der Waals surface area contributed by atoms with Gasteiger partial charge in [0.15, 0.2) is 5.88 Å². The van der Waals surface area contributed by atoms with Crippen LogP contribution in [0.1, 0.15) is 11.1 Å². The van der Waals surface area contributed by atoms with Gasteiger partial charge in [0.1, 0.15) is 0 Å². The van der Waals surface area contributed by atoms with Gasteiger partial charge in [0.2, 0.25) is 0 Å². The summed E-state index contributed by atoms with van der Waals surface area (Å²) in [5.41, 5.74) is 2.91. The van der Waals surface area contributed by atoms with E-state index in [1.807, 2.05) is 43.3 Å². The summed E-state index contributed by atoms with van der Waals surface area (Å²) in [6.45, 7) is 1.98. The lowest BCUT2D eigenvalue weighted by Crippen LogP contribution is -2.22. The summed E-state index contributed by atoms with van der Waals surface area (Å²) in [5, 5.41) is 12.9. The molecule has 0 fully saturated rings. The van der Waals surface area contributed by atoms with Gasteiger partial charge in [-0.05, 0) is 46.6 Å². The van der Waals surface area contributed by atoms with Crippen molar-refractivity contribution < 1.29 is 9.90 Å². The van der Waals surface area contributed by atoms with E-state index in [-0.39, 0.29) is 11.8 Å². The standard InChI is InChI=1S/C18H13BrN2O2/c1-9-7-11-15(18(23)21(2)16(11)12(19)8-9)14-10-5-3-4-6-13(10)20-17(14)22/h3-8,23H,1-2H3. The monoisotopic (exact) mass is 368 g/mol. The predicted octanol–water partition coefficient (Wildman–Crippen LogP) is 2.31. The van der Waals surface area contributed by atoms with Gasteiger partial charge >= 0.3 is 0 Å². The molecule has 0 bridgehead atoms. The Bertz CT molecular complexity index is 1130. The number of carbonyl (C=O) groups is 1. The molecule has 0 radical (unpaired) electrons. The second kappa shape index (κ2) is 4.80. The van der Waals surface area contributed by atoms with Crippen LogP contribution in [0, 0.1) is 6.92 Å². The maximum atomic E-state index is 12.5. The number of para-hydroxylation sites is 1. The van der Waals surface area contributed by atoms with Crippen LogP contribution in [0.4, 0.5) is 0 Å². The van der Waals surface area contributed by atoms with Crippen LogP contribution in [-0.2, 0) is 11.8 Å². The average molecular weight is 369 g/mol. The third-order valence-corrected chi connectivity index (χ3v) is 4.82. The van der Waals surface area contributed by atoms with Crippen molar-refractivity contribution >= 4 is 38.3 Å². The first kappa shape index (κ1) is 14.2. The molecule has 0 atom stereocenters. The lowest BCUT2D eigenvalue weighted by atomic mass is 10.0. The SMILES string of the molecule is Cc1cc(Br)c2c(c1)c(C1=c3ccccc3=NC1=O)c(O)n2C. The third-order valence-electron chi connectivity index (χ3n) is 4.21. The molecule has 3 aromatic rings. The van der Waals surface area contributed by atoms with Crippen molar-refractivity contribution in [3.63, 3.8) is 0 Å². The fourth-order valence-electron chi connectivity index (χ4n) is 3.21. The molecule has 1 aliphatic rings. The Morgan fingerprint density at radius 3 is 2.74 bits per heavy atom. The highest BCUT2D eigenvalue weighted by molar-refractivity contribution is 9.10. The second-order valence-corrected chi connectivity index (χ2v) is 6.56. The Morgan fingerprint density at radius 1 is 1.22 bits per heavy atom. The van der Waals surface area contributed by atoms with Crippen LogP contribution in [0.15, 0.2) is 45.9 Å². The van der Waals surface area contributed by atoms with Crippen molar-refractivity contribution in [1.82, 2.24) is 4.57 Å². The number of carbonyl (C=O) groups excluding carboxylic acids is 1. The number of benzene rings is 2. The number of rotatable bonds is 1. The quantitative estimate of drug-likeness (QED) is 0.716. The zero-order chi connectivity index (χ0) is 16.3. The number of nitrogens with zero attached hydrogens (tertiary/aromatic N) is 2. The Hall–Kier alpha value is -2.40. The summed E-state index contributed by atoms with van der Waals surface area (Å²) in [6, 6.07) is 11.4. The number of hydrogen-bond acceptors (Lipinski definition) is 2. The van der Waals surface area contributed by atoms with E-state index in [2.05, 4.69) is 20.9 Å². The molecule has 114 valence electrons. The van der Waals surface area contributed by atoms with E-state index in [1.54, 1.807) is 11.6 Å². The zero-order valence-corrected chi connectivity index (χ0v) is 14.2. The smallest absolute Gasteiger partial charge is 0.279 e. The minimum atomic E-state index is -0.313. The number of halogens is 1. The summed E-state index contributed by atoms with van der Waals surface area (Å²) >= 11 is 3.55. The van der Waals surface area contributed by atoms with E-state index in [1.165, 1.54) is 0 Å². The second-order valence-electron chi connectivity index (χ2n) is 5.71. The number of aryl methyl sites for hydroxylation is 2. The normalized spacial score (nSPS) is 13.5. The largest absolute Gasteiger partial charge is 0.494 e. The molecule has 5 heteroatoms. The summed E-state index contributed by atoms with van der Waals surface area (Å²) in [5.74, 6) is -0.242. The number of aromatic hydroxyl groups is 1. The number of amides is 1. The molecule has 0 saturated heterocycles. The van der Waals surface area contributed by atoms with E-state index in [4.69, 9.17) is 0 Å². The van der Waals surface area contributed by atoms with Gasteiger partial charge in [0, 0.05) is 22.1 Å². The molecule has 2 heterocycles. The molecule has 1 N–H and O–H groups in total. The topological polar surface area (TPSA) is 54.6 Å². The molecule has 0 unspecified atom stereocenters. The van der Waals surface area contributed by atoms with Crippen LogP contribution in [0.2, 0.25) is 0 Å². The first-order valence-corrected chi connectivity index (χ1v) is 7.98. The predicted molar refractivity (Wildman–Crippen MR) is 91.8 cm³/mol.